The zero-order chi connectivity index (χ0) is 17.3. The van der Waals surface area contributed by atoms with Crippen LogP contribution >= 0.6 is 0 Å². The molecule has 134 valence electrons. The van der Waals surface area contributed by atoms with Crippen LogP contribution in [0.3, 0.4) is 0 Å². The van der Waals surface area contributed by atoms with Crippen molar-refractivity contribution >= 4 is 5.97 Å². The van der Waals surface area contributed by atoms with Crippen molar-refractivity contribution in [3.05, 3.63) is 21.9 Å². The van der Waals surface area contributed by atoms with Crippen molar-refractivity contribution in [2.75, 3.05) is 0 Å². The van der Waals surface area contributed by atoms with Gasteiger partial charge in [-0.1, -0.05) is 84.0 Å². The maximum Gasteiger partial charge on any atom is 0.407 e. The minimum absolute atomic E-state index is 0.473. The Bertz CT molecular complexity index is 337. The second-order valence-electron chi connectivity index (χ2n) is 6.18. The van der Waals surface area contributed by atoms with E-state index in [0.717, 1.165) is 19.3 Å². The van der Waals surface area contributed by atoms with Gasteiger partial charge in [0.1, 0.15) is 0 Å². The number of rotatable bonds is 16. The molecule has 0 amide bonds. The minimum Gasteiger partial charge on any atom is -0.473 e. The lowest BCUT2D eigenvalue weighted by molar-refractivity contribution is -0.421. The van der Waals surface area contributed by atoms with Crippen LogP contribution in [0, 0.1) is 10.1 Å². The molecule has 0 aliphatic heterocycles. The first-order valence-electron chi connectivity index (χ1n) is 9.17. The van der Waals surface area contributed by atoms with E-state index in [1.54, 1.807) is 0 Å². The fourth-order valence-electron chi connectivity index (χ4n) is 2.64. The van der Waals surface area contributed by atoms with E-state index in [1.807, 2.05) is 0 Å². The number of hydrogen-bond acceptors (Lipinski definition) is 3. The Morgan fingerprint density at radius 2 is 1.26 bits per heavy atom. The van der Waals surface area contributed by atoms with Crippen molar-refractivity contribution in [1.82, 2.24) is 0 Å². The number of carboxylic acids is 1. The monoisotopic (exact) mass is 327 g/mol. The van der Waals surface area contributed by atoms with Gasteiger partial charge < -0.3 is 5.11 Å². The minimum atomic E-state index is -1.45. The quantitative estimate of drug-likeness (QED) is 0.170. The highest BCUT2D eigenvalue weighted by atomic mass is 16.6. The maximum atomic E-state index is 10.6. The SMILES string of the molecule is CCCCCCCCCCCCCCCC=C(C(=O)O)[N+](=O)[O-]. The smallest absolute Gasteiger partial charge is 0.407 e. The van der Waals surface area contributed by atoms with E-state index < -0.39 is 16.6 Å². The van der Waals surface area contributed by atoms with Crippen LogP contribution in [0.25, 0.3) is 0 Å². The zero-order valence-electron chi connectivity index (χ0n) is 14.6. The Labute approximate surface area is 140 Å². The molecule has 0 bridgehead atoms. The summed E-state index contributed by atoms with van der Waals surface area (Å²) in [6.45, 7) is 2.24. The van der Waals surface area contributed by atoms with E-state index in [0.29, 0.717) is 6.42 Å². The number of carboxylic acid groups (broad SMARTS) is 1. The number of unbranched alkanes of at least 4 members (excludes halogenated alkanes) is 13. The van der Waals surface area contributed by atoms with Crippen LogP contribution in [0.2, 0.25) is 0 Å². The third-order valence-electron chi connectivity index (χ3n) is 4.06. The van der Waals surface area contributed by atoms with Crippen LogP contribution in [0.5, 0.6) is 0 Å². The molecule has 0 atom stereocenters. The molecule has 0 aromatic carbocycles. The number of nitro groups is 1. The summed E-state index contributed by atoms with van der Waals surface area (Å²) in [6, 6.07) is 0. The van der Waals surface area contributed by atoms with Crippen molar-refractivity contribution in [1.29, 1.82) is 0 Å². The van der Waals surface area contributed by atoms with Crippen molar-refractivity contribution in [3.8, 4) is 0 Å². The molecule has 1 N–H and O–H groups in total. The molecule has 0 rings (SSSR count). The third-order valence-corrected chi connectivity index (χ3v) is 4.06. The van der Waals surface area contributed by atoms with Gasteiger partial charge in [-0.2, -0.15) is 0 Å². The van der Waals surface area contributed by atoms with Gasteiger partial charge in [-0.15, -0.1) is 0 Å². The summed E-state index contributed by atoms with van der Waals surface area (Å²) in [6.07, 6.45) is 17.9. The number of allylic oxidation sites excluding steroid dienone is 1. The van der Waals surface area contributed by atoms with Gasteiger partial charge in [0.15, 0.2) is 0 Å². The summed E-state index contributed by atoms with van der Waals surface area (Å²) >= 11 is 0. The molecule has 0 unspecified atom stereocenters. The van der Waals surface area contributed by atoms with Crippen LogP contribution in [-0.2, 0) is 4.79 Å². The average Bonchev–Trinajstić information content (AvgIpc) is 2.50. The topological polar surface area (TPSA) is 80.4 Å². The summed E-state index contributed by atoms with van der Waals surface area (Å²) < 4.78 is 0. The van der Waals surface area contributed by atoms with Crippen LogP contribution in [0.1, 0.15) is 96.8 Å². The molecule has 0 spiro atoms. The summed E-state index contributed by atoms with van der Waals surface area (Å²) in [5.74, 6) is -1.45. The van der Waals surface area contributed by atoms with Crippen molar-refractivity contribution < 1.29 is 14.8 Å². The van der Waals surface area contributed by atoms with Gasteiger partial charge >= 0.3 is 11.7 Å². The van der Waals surface area contributed by atoms with E-state index in [4.69, 9.17) is 5.11 Å². The molecule has 0 aromatic heterocycles. The molecule has 0 aromatic rings. The molecule has 0 saturated heterocycles. The zero-order valence-corrected chi connectivity index (χ0v) is 14.6. The Morgan fingerprint density at radius 3 is 1.61 bits per heavy atom. The maximum absolute atomic E-state index is 10.6. The lowest BCUT2D eigenvalue weighted by Gasteiger charge is -2.02. The van der Waals surface area contributed by atoms with Crippen molar-refractivity contribution in [3.63, 3.8) is 0 Å². The van der Waals surface area contributed by atoms with E-state index in [2.05, 4.69) is 6.92 Å². The van der Waals surface area contributed by atoms with E-state index in [1.165, 1.54) is 70.3 Å². The summed E-state index contributed by atoms with van der Waals surface area (Å²) in [7, 11) is 0. The Hall–Kier alpha value is -1.39. The van der Waals surface area contributed by atoms with Gasteiger partial charge in [0.05, 0.1) is 4.92 Å². The fourth-order valence-corrected chi connectivity index (χ4v) is 2.64. The Morgan fingerprint density at radius 1 is 0.870 bits per heavy atom. The predicted octanol–water partition coefficient (Wildman–Crippen LogP) is 5.71. The van der Waals surface area contributed by atoms with E-state index >= 15 is 0 Å². The summed E-state index contributed by atoms with van der Waals surface area (Å²) in [4.78, 5) is 20.2. The molecular weight excluding hydrogens is 294 g/mol. The van der Waals surface area contributed by atoms with Gasteiger partial charge in [0.2, 0.25) is 0 Å². The standard InChI is InChI=1S/C18H33NO4/c1-2-3-4-5-6-7-8-9-10-11-12-13-14-15-16-17(18(20)21)19(22)23/h16H,2-15H2,1H3,(H,20,21). The Kier molecular flexibility index (Phi) is 14.6. The highest BCUT2D eigenvalue weighted by Crippen LogP contribution is 2.13. The van der Waals surface area contributed by atoms with Crippen molar-refractivity contribution in [2.24, 2.45) is 0 Å². The predicted molar refractivity (Wildman–Crippen MR) is 93.0 cm³/mol. The Balaban J connectivity index is 3.35. The van der Waals surface area contributed by atoms with Gasteiger partial charge in [0, 0.05) is 6.08 Å². The van der Waals surface area contributed by atoms with Gasteiger partial charge in [-0.25, -0.2) is 4.79 Å². The second kappa shape index (κ2) is 15.5. The number of carbonyl (C=O) groups is 1. The lowest BCUT2D eigenvalue weighted by atomic mass is 10.0. The number of hydrogen-bond donors (Lipinski definition) is 1. The molecule has 0 fully saturated rings. The molecule has 5 heteroatoms. The molecule has 0 heterocycles. The molecule has 5 nitrogen and oxygen atoms in total. The molecule has 0 saturated carbocycles. The van der Waals surface area contributed by atoms with Gasteiger partial charge in [-0.05, 0) is 12.8 Å². The van der Waals surface area contributed by atoms with Crippen LogP contribution in [0.15, 0.2) is 11.8 Å². The summed E-state index contributed by atoms with van der Waals surface area (Å²) in [5.41, 5.74) is -0.705. The van der Waals surface area contributed by atoms with E-state index in [9.17, 15) is 14.9 Å². The highest BCUT2D eigenvalue weighted by Gasteiger charge is 2.19. The normalized spacial score (nSPS) is 11.6. The molecule has 0 radical (unpaired) electrons. The summed E-state index contributed by atoms with van der Waals surface area (Å²) in [5, 5.41) is 19.1. The number of aliphatic carboxylic acids is 1. The fraction of sp³-hybridized carbons (Fsp3) is 0.833. The highest BCUT2D eigenvalue weighted by molar-refractivity contribution is 5.83. The second-order valence-corrected chi connectivity index (χ2v) is 6.18. The van der Waals surface area contributed by atoms with E-state index in [-0.39, 0.29) is 0 Å². The first-order valence-corrected chi connectivity index (χ1v) is 9.17. The third kappa shape index (κ3) is 14.0. The average molecular weight is 327 g/mol. The van der Waals surface area contributed by atoms with Crippen LogP contribution < -0.4 is 0 Å². The molecule has 23 heavy (non-hydrogen) atoms. The largest absolute Gasteiger partial charge is 0.473 e. The first-order chi connectivity index (χ1) is 11.1. The van der Waals surface area contributed by atoms with Gasteiger partial charge in [0.25, 0.3) is 0 Å². The van der Waals surface area contributed by atoms with Gasteiger partial charge in [-0.3, -0.25) is 10.1 Å². The van der Waals surface area contributed by atoms with Crippen molar-refractivity contribution in [2.45, 2.75) is 96.8 Å². The van der Waals surface area contributed by atoms with Crippen LogP contribution in [0.4, 0.5) is 0 Å². The lowest BCUT2D eigenvalue weighted by Crippen LogP contribution is -2.09. The molecular formula is C18H33NO4. The van der Waals surface area contributed by atoms with Crippen LogP contribution in [-0.4, -0.2) is 16.0 Å². The molecule has 0 aliphatic carbocycles. The first kappa shape index (κ1) is 21.6. The number of nitrogens with zero attached hydrogens (tertiary/aromatic N) is 1. The molecule has 0 aliphatic rings.